The third-order valence-electron chi connectivity index (χ3n) is 2.61. The van der Waals surface area contributed by atoms with Gasteiger partial charge in [0.15, 0.2) is 9.84 Å². The Morgan fingerprint density at radius 2 is 1.90 bits per heavy atom. The second kappa shape index (κ2) is 8.06. The van der Waals surface area contributed by atoms with Crippen LogP contribution in [0.15, 0.2) is 23.1 Å². The van der Waals surface area contributed by atoms with Gasteiger partial charge in [-0.25, -0.2) is 17.6 Å². The molecule has 21 heavy (non-hydrogen) atoms. The van der Waals surface area contributed by atoms with Gasteiger partial charge in [0, 0.05) is 7.11 Å². The summed E-state index contributed by atoms with van der Waals surface area (Å²) in [6.45, 7) is 0.431. The number of carbonyl (C=O) groups excluding carboxylic acids is 1. The molecule has 1 rings (SSSR count). The van der Waals surface area contributed by atoms with Crippen LogP contribution >= 0.6 is 0 Å². The average Bonchev–Trinajstić information content (AvgIpc) is 2.45. The second-order valence-corrected chi connectivity index (χ2v) is 6.08. The van der Waals surface area contributed by atoms with E-state index in [9.17, 15) is 17.6 Å². The molecule has 1 aromatic carbocycles. The van der Waals surface area contributed by atoms with Crippen molar-refractivity contribution in [2.75, 3.05) is 39.8 Å². The van der Waals surface area contributed by atoms with Crippen molar-refractivity contribution in [3.63, 3.8) is 0 Å². The highest BCUT2D eigenvalue weighted by molar-refractivity contribution is 7.91. The molecule has 0 saturated heterocycles. The Balaban J connectivity index is 2.94. The van der Waals surface area contributed by atoms with E-state index in [1.807, 2.05) is 0 Å². The third-order valence-corrected chi connectivity index (χ3v) is 4.35. The first-order valence-corrected chi connectivity index (χ1v) is 7.75. The Morgan fingerprint density at radius 1 is 1.19 bits per heavy atom. The summed E-state index contributed by atoms with van der Waals surface area (Å²) in [5.74, 6) is -2.34. The molecular formula is C13H17FO6S. The van der Waals surface area contributed by atoms with Gasteiger partial charge in [0.2, 0.25) is 0 Å². The van der Waals surface area contributed by atoms with Gasteiger partial charge in [-0.05, 0) is 12.1 Å². The molecular weight excluding hydrogens is 303 g/mol. The lowest BCUT2D eigenvalue weighted by atomic mass is 10.2. The molecule has 0 bridgehead atoms. The summed E-state index contributed by atoms with van der Waals surface area (Å²) in [6.07, 6.45) is 0. The summed E-state index contributed by atoms with van der Waals surface area (Å²) in [5, 5.41) is 0. The number of ether oxygens (including phenoxy) is 3. The summed E-state index contributed by atoms with van der Waals surface area (Å²) in [7, 11) is -1.42. The Morgan fingerprint density at radius 3 is 2.52 bits per heavy atom. The van der Waals surface area contributed by atoms with Gasteiger partial charge in [0.1, 0.15) is 10.7 Å². The minimum Gasteiger partial charge on any atom is -0.465 e. The highest BCUT2D eigenvalue weighted by Crippen LogP contribution is 2.21. The maximum Gasteiger partial charge on any atom is 0.339 e. The Labute approximate surface area is 122 Å². The van der Waals surface area contributed by atoms with Crippen LogP contribution in [0.3, 0.4) is 0 Å². The monoisotopic (exact) mass is 320 g/mol. The topological polar surface area (TPSA) is 78.9 Å². The molecule has 6 nitrogen and oxygen atoms in total. The van der Waals surface area contributed by atoms with E-state index < -0.39 is 32.3 Å². The number of methoxy groups -OCH3 is 2. The molecule has 0 aliphatic heterocycles. The lowest BCUT2D eigenvalue weighted by Gasteiger charge is -2.10. The lowest BCUT2D eigenvalue weighted by molar-refractivity contribution is 0.0595. The van der Waals surface area contributed by atoms with Crippen LogP contribution in [0.25, 0.3) is 0 Å². The maximum absolute atomic E-state index is 13.8. The number of sulfone groups is 1. The fraction of sp³-hybridized carbons (Fsp3) is 0.462. The zero-order valence-electron chi connectivity index (χ0n) is 11.8. The van der Waals surface area contributed by atoms with E-state index in [2.05, 4.69) is 4.74 Å². The standard InChI is InChI=1S/C13H17FO6S/c1-18-6-7-20-8-9-21(16,17)12-10(13(15)19-2)4-3-5-11(12)14/h3-5H,6-9H2,1-2H3. The third kappa shape index (κ3) is 4.76. The zero-order chi connectivity index (χ0) is 15.9. The number of hydrogen-bond acceptors (Lipinski definition) is 6. The van der Waals surface area contributed by atoms with Gasteiger partial charge in [0.05, 0.1) is 38.2 Å². The van der Waals surface area contributed by atoms with Gasteiger partial charge in [-0.2, -0.15) is 0 Å². The van der Waals surface area contributed by atoms with Crippen molar-refractivity contribution in [1.82, 2.24) is 0 Å². The van der Waals surface area contributed by atoms with Gasteiger partial charge in [-0.3, -0.25) is 0 Å². The summed E-state index contributed by atoms with van der Waals surface area (Å²) < 4.78 is 52.4. The molecule has 1 aromatic rings. The van der Waals surface area contributed by atoms with Crippen molar-refractivity contribution in [3.8, 4) is 0 Å². The smallest absolute Gasteiger partial charge is 0.339 e. The predicted molar refractivity (Wildman–Crippen MR) is 72.5 cm³/mol. The summed E-state index contributed by atoms with van der Waals surface area (Å²) in [5.41, 5.74) is -0.325. The van der Waals surface area contributed by atoms with E-state index in [-0.39, 0.29) is 18.8 Å². The first-order valence-electron chi connectivity index (χ1n) is 6.10. The molecule has 0 aliphatic rings. The molecule has 0 unspecified atom stereocenters. The fourth-order valence-corrected chi connectivity index (χ4v) is 3.00. The van der Waals surface area contributed by atoms with Crippen LogP contribution in [0.1, 0.15) is 10.4 Å². The normalized spacial score (nSPS) is 11.4. The van der Waals surface area contributed by atoms with Crippen molar-refractivity contribution in [2.24, 2.45) is 0 Å². The van der Waals surface area contributed by atoms with Crippen LogP contribution in [-0.2, 0) is 24.0 Å². The SMILES string of the molecule is COCCOCCS(=O)(=O)c1c(F)cccc1C(=O)OC. The molecule has 0 radical (unpaired) electrons. The number of esters is 1. The molecule has 0 N–H and O–H groups in total. The van der Waals surface area contributed by atoms with E-state index in [0.717, 1.165) is 13.2 Å². The van der Waals surface area contributed by atoms with E-state index in [0.29, 0.717) is 6.61 Å². The quantitative estimate of drug-likeness (QED) is 0.526. The minimum atomic E-state index is -4.01. The molecule has 0 fully saturated rings. The fourth-order valence-electron chi connectivity index (χ4n) is 1.61. The van der Waals surface area contributed by atoms with Crippen molar-refractivity contribution < 1.29 is 31.8 Å². The van der Waals surface area contributed by atoms with Gasteiger partial charge < -0.3 is 14.2 Å². The summed E-state index contributed by atoms with van der Waals surface area (Å²) in [6, 6.07) is 3.42. The van der Waals surface area contributed by atoms with Crippen LogP contribution in [0, 0.1) is 5.82 Å². The molecule has 0 heterocycles. The highest BCUT2D eigenvalue weighted by Gasteiger charge is 2.26. The highest BCUT2D eigenvalue weighted by atomic mass is 32.2. The van der Waals surface area contributed by atoms with Crippen LogP contribution < -0.4 is 0 Å². The average molecular weight is 320 g/mol. The molecule has 0 aromatic heterocycles. The zero-order valence-corrected chi connectivity index (χ0v) is 12.6. The maximum atomic E-state index is 13.8. The minimum absolute atomic E-state index is 0.124. The van der Waals surface area contributed by atoms with Crippen molar-refractivity contribution >= 4 is 15.8 Å². The number of benzene rings is 1. The molecule has 0 atom stereocenters. The van der Waals surface area contributed by atoms with Crippen LogP contribution in [0.4, 0.5) is 4.39 Å². The van der Waals surface area contributed by atoms with Gasteiger partial charge in [-0.1, -0.05) is 6.07 Å². The largest absolute Gasteiger partial charge is 0.465 e. The predicted octanol–water partition coefficient (Wildman–Crippen LogP) is 1.05. The molecule has 0 amide bonds. The van der Waals surface area contributed by atoms with E-state index in [1.165, 1.54) is 19.2 Å². The number of rotatable bonds is 8. The van der Waals surface area contributed by atoms with Gasteiger partial charge >= 0.3 is 5.97 Å². The van der Waals surface area contributed by atoms with Crippen molar-refractivity contribution in [1.29, 1.82) is 0 Å². The van der Waals surface area contributed by atoms with E-state index in [4.69, 9.17) is 9.47 Å². The van der Waals surface area contributed by atoms with Crippen LogP contribution in [0.5, 0.6) is 0 Å². The Kier molecular flexibility index (Phi) is 6.73. The van der Waals surface area contributed by atoms with Gasteiger partial charge in [0.25, 0.3) is 0 Å². The van der Waals surface area contributed by atoms with Crippen molar-refractivity contribution in [3.05, 3.63) is 29.6 Å². The molecule has 8 heteroatoms. The Bertz CT molecular complexity index is 584. The number of halogens is 1. The molecule has 0 spiro atoms. The van der Waals surface area contributed by atoms with Crippen LogP contribution in [0.2, 0.25) is 0 Å². The second-order valence-electron chi connectivity index (χ2n) is 4.03. The number of hydrogen-bond donors (Lipinski definition) is 0. The Hall–Kier alpha value is -1.51. The number of carbonyl (C=O) groups is 1. The van der Waals surface area contributed by atoms with Gasteiger partial charge in [-0.15, -0.1) is 0 Å². The molecule has 0 aliphatic carbocycles. The first kappa shape index (κ1) is 17.5. The van der Waals surface area contributed by atoms with Crippen molar-refractivity contribution in [2.45, 2.75) is 4.90 Å². The van der Waals surface area contributed by atoms with Crippen LogP contribution in [-0.4, -0.2) is 54.2 Å². The first-order chi connectivity index (χ1) is 9.94. The molecule has 118 valence electrons. The lowest BCUT2D eigenvalue weighted by Crippen LogP contribution is -2.19. The van der Waals surface area contributed by atoms with E-state index >= 15 is 0 Å². The summed E-state index contributed by atoms with van der Waals surface area (Å²) >= 11 is 0. The molecule has 0 saturated carbocycles. The summed E-state index contributed by atoms with van der Waals surface area (Å²) in [4.78, 5) is 10.9. The van der Waals surface area contributed by atoms with E-state index in [1.54, 1.807) is 0 Å².